The van der Waals surface area contributed by atoms with Gasteiger partial charge in [0.15, 0.2) is 5.96 Å². The van der Waals surface area contributed by atoms with Crippen LogP contribution in [-0.4, -0.2) is 55.8 Å². The number of nitrogens with one attached hydrogen (secondary N) is 2. The lowest BCUT2D eigenvalue weighted by molar-refractivity contribution is -0.148. The van der Waals surface area contributed by atoms with Gasteiger partial charge in [-0.25, -0.2) is 0 Å². The van der Waals surface area contributed by atoms with Crippen molar-refractivity contribution in [2.24, 2.45) is 10.9 Å². The minimum atomic E-state index is -4.07. The molecule has 0 saturated carbocycles. The van der Waals surface area contributed by atoms with Gasteiger partial charge >= 0.3 is 6.18 Å². The van der Waals surface area contributed by atoms with Crippen LogP contribution in [-0.2, 0) is 0 Å². The third-order valence-corrected chi connectivity index (χ3v) is 3.86. The Morgan fingerprint density at radius 1 is 1.35 bits per heavy atom. The lowest BCUT2D eigenvalue weighted by Gasteiger charge is -2.32. The Morgan fingerprint density at radius 2 is 2.05 bits per heavy atom. The van der Waals surface area contributed by atoms with Crippen molar-refractivity contribution in [3.05, 3.63) is 0 Å². The molecule has 2 rings (SSSR count). The summed E-state index contributed by atoms with van der Waals surface area (Å²) in [6.07, 6.45) is -1.37. The second-order valence-corrected chi connectivity index (χ2v) is 5.78. The number of aliphatic imine (C=N–C) groups is 1. The van der Waals surface area contributed by atoms with Gasteiger partial charge in [-0.15, -0.1) is 0 Å². The molecule has 2 aliphatic rings. The van der Waals surface area contributed by atoms with Gasteiger partial charge in [-0.1, -0.05) is 0 Å². The summed E-state index contributed by atoms with van der Waals surface area (Å²) in [6, 6.07) is 0.392. The third-order valence-electron chi connectivity index (χ3n) is 3.86. The highest BCUT2D eigenvalue weighted by molar-refractivity contribution is 5.81. The minimum Gasteiger partial charge on any atom is -0.356 e. The number of alkyl halides is 3. The van der Waals surface area contributed by atoms with E-state index in [2.05, 4.69) is 22.5 Å². The predicted octanol–water partition coefficient (Wildman–Crippen LogP) is 1.59. The molecular formula is C13H23F3N4. The molecule has 1 saturated heterocycles. The highest BCUT2D eigenvalue weighted by Gasteiger charge is 2.32. The third kappa shape index (κ3) is 5.19. The van der Waals surface area contributed by atoms with Crippen LogP contribution in [0.3, 0.4) is 0 Å². The number of halogens is 3. The minimum absolute atomic E-state index is 0.392. The Kier molecular flexibility index (Phi) is 5.12. The van der Waals surface area contributed by atoms with Crippen molar-refractivity contribution in [2.45, 2.75) is 38.4 Å². The summed E-state index contributed by atoms with van der Waals surface area (Å²) >= 11 is 0. The summed E-state index contributed by atoms with van der Waals surface area (Å²) < 4.78 is 36.8. The molecule has 0 aromatic carbocycles. The first-order valence-electron chi connectivity index (χ1n) is 7.26. The monoisotopic (exact) mass is 292 g/mol. The maximum atomic E-state index is 12.3. The van der Waals surface area contributed by atoms with E-state index in [1.165, 1.54) is 4.90 Å². The zero-order chi connectivity index (χ0) is 14.6. The second-order valence-electron chi connectivity index (χ2n) is 5.78. The van der Waals surface area contributed by atoms with E-state index in [1.54, 1.807) is 0 Å². The largest absolute Gasteiger partial charge is 0.401 e. The molecule has 1 fully saturated rings. The van der Waals surface area contributed by atoms with Crippen molar-refractivity contribution < 1.29 is 13.2 Å². The number of guanidine groups is 1. The van der Waals surface area contributed by atoms with Gasteiger partial charge in [0, 0.05) is 12.6 Å². The van der Waals surface area contributed by atoms with E-state index in [0.29, 0.717) is 25.0 Å². The molecule has 116 valence electrons. The molecule has 0 bridgehead atoms. The Bertz CT molecular complexity index is 335. The Morgan fingerprint density at radius 3 is 2.60 bits per heavy atom. The van der Waals surface area contributed by atoms with E-state index in [1.807, 2.05) is 0 Å². The van der Waals surface area contributed by atoms with E-state index in [-0.39, 0.29) is 0 Å². The highest BCUT2D eigenvalue weighted by atomic mass is 19.4. The Balaban J connectivity index is 1.58. The fourth-order valence-corrected chi connectivity index (χ4v) is 2.74. The summed E-state index contributed by atoms with van der Waals surface area (Å²) in [6.45, 7) is 4.06. The summed E-state index contributed by atoms with van der Waals surface area (Å²) in [5, 5.41) is 6.48. The quantitative estimate of drug-likeness (QED) is 0.826. The zero-order valence-corrected chi connectivity index (χ0v) is 11.8. The van der Waals surface area contributed by atoms with Crippen molar-refractivity contribution in [1.82, 2.24) is 15.5 Å². The van der Waals surface area contributed by atoms with Crippen LogP contribution in [0.4, 0.5) is 13.2 Å². The molecule has 7 heteroatoms. The maximum Gasteiger partial charge on any atom is 0.401 e. The van der Waals surface area contributed by atoms with Crippen molar-refractivity contribution in [1.29, 1.82) is 0 Å². The summed E-state index contributed by atoms with van der Waals surface area (Å²) in [5.41, 5.74) is 0. The van der Waals surface area contributed by atoms with Gasteiger partial charge in [0.05, 0.1) is 13.1 Å². The average molecular weight is 292 g/mol. The number of nitrogens with zero attached hydrogens (tertiary/aromatic N) is 2. The van der Waals surface area contributed by atoms with Gasteiger partial charge in [0.2, 0.25) is 0 Å². The molecule has 0 amide bonds. The second kappa shape index (κ2) is 6.65. The molecule has 0 aliphatic carbocycles. The maximum absolute atomic E-state index is 12.3. The molecule has 0 aromatic heterocycles. The lowest BCUT2D eigenvalue weighted by Crippen LogP contribution is -2.41. The van der Waals surface area contributed by atoms with Crippen LogP contribution < -0.4 is 10.6 Å². The van der Waals surface area contributed by atoms with Crippen molar-refractivity contribution in [3.63, 3.8) is 0 Å². The first kappa shape index (κ1) is 15.4. The van der Waals surface area contributed by atoms with Crippen LogP contribution in [0.15, 0.2) is 4.99 Å². The van der Waals surface area contributed by atoms with Crippen molar-refractivity contribution >= 4 is 5.96 Å². The molecule has 1 unspecified atom stereocenters. The van der Waals surface area contributed by atoms with Crippen molar-refractivity contribution in [3.8, 4) is 0 Å². The van der Waals surface area contributed by atoms with E-state index in [9.17, 15) is 13.2 Å². The number of rotatable bonds is 4. The summed E-state index contributed by atoms with van der Waals surface area (Å²) in [7, 11) is 0. The Labute approximate surface area is 117 Å². The van der Waals surface area contributed by atoms with E-state index < -0.39 is 12.7 Å². The molecule has 2 aliphatic heterocycles. The fraction of sp³-hybridized carbons (Fsp3) is 0.923. The van der Waals surface area contributed by atoms with Gasteiger partial charge in [0.1, 0.15) is 0 Å². The van der Waals surface area contributed by atoms with Crippen molar-refractivity contribution in [2.75, 3.05) is 32.7 Å². The normalized spacial score (nSPS) is 25.4. The summed E-state index contributed by atoms with van der Waals surface area (Å²) in [5.74, 6) is 1.37. The van der Waals surface area contributed by atoms with Crippen LogP contribution in [0.25, 0.3) is 0 Å². The number of hydrogen-bond acceptors (Lipinski definition) is 4. The van der Waals surface area contributed by atoms with Gasteiger partial charge in [0.25, 0.3) is 0 Å². The molecular weight excluding hydrogens is 269 g/mol. The molecule has 20 heavy (non-hydrogen) atoms. The van der Waals surface area contributed by atoms with E-state index >= 15 is 0 Å². The Hall–Kier alpha value is -0.980. The van der Waals surface area contributed by atoms with Crippen LogP contribution >= 0.6 is 0 Å². The number of hydrogen-bond donors (Lipinski definition) is 2. The fourth-order valence-electron chi connectivity index (χ4n) is 2.74. The van der Waals surface area contributed by atoms with Gasteiger partial charge in [-0.3, -0.25) is 9.89 Å². The molecule has 0 aromatic rings. The SMILES string of the molecule is CC1CN=C(NCCC2CCN(CC(F)(F)F)CC2)N1. The molecule has 1 atom stereocenters. The van der Waals surface area contributed by atoms with Crippen LogP contribution in [0.2, 0.25) is 0 Å². The highest BCUT2D eigenvalue weighted by Crippen LogP contribution is 2.23. The van der Waals surface area contributed by atoms with Crippen LogP contribution in [0, 0.1) is 5.92 Å². The molecule has 0 spiro atoms. The molecule has 2 heterocycles. The molecule has 2 N–H and O–H groups in total. The zero-order valence-electron chi connectivity index (χ0n) is 11.8. The van der Waals surface area contributed by atoms with E-state index in [4.69, 9.17) is 0 Å². The smallest absolute Gasteiger partial charge is 0.356 e. The van der Waals surface area contributed by atoms with E-state index in [0.717, 1.165) is 38.3 Å². The van der Waals surface area contributed by atoms with Gasteiger partial charge < -0.3 is 10.6 Å². The number of piperidine rings is 1. The molecule has 4 nitrogen and oxygen atoms in total. The predicted molar refractivity (Wildman–Crippen MR) is 72.7 cm³/mol. The standard InChI is InChI=1S/C13H23F3N4/c1-10-8-18-12(19-10)17-5-2-11-3-6-20(7-4-11)9-13(14,15)16/h10-11H,2-9H2,1H3,(H2,17,18,19). The van der Waals surface area contributed by atoms with Gasteiger partial charge in [-0.05, 0) is 45.2 Å². The first-order valence-corrected chi connectivity index (χ1v) is 7.26. The van der Waals surface area contributed by atoms with Crippen LogP contribution in [0.1, 0.15) is 26.2 Å². The van der Waals surface area contributed by atoms with Gasteiger partial charge in [-0.2, -0.15) is 13.2 Å². The topological polar surface area (TPSA) is 39.7 Å². The number of likely N-dealkylation sites (tertiary alicyclic amines) is 1. The first-order chi connectivity index (χ1) is 9.42. The molecule has 0 radical (unpaired) electrons. The lowest BCUT2D eigenvalue weighted by atomic mass is 9.93. The average Bonchev–Trinajstić information content (AvgIpc) is 2.75. The van der Waals surface area contributed by atoms with Crippen LogP contribution in [0.5, 0.6) is 0 Å². The summed E-state index contributed by atoms with van der Waals surface area (Å²) in [4.78, 5) is 5.82.